The van der Waals surface area contributed by atoms with Crippen LogP contribution in [0.25, 0.3) is 0 Å². The zero-order chi connectivity index (χ0) is 15.7. The Bertz CT molecular complexity index is 449. The van der Waals surface area contributed by atoms with E-state index in [1.807, 2.05) is 25.1 Å². The van der Waals surface area contributed by atoms with E-state index in [1.54, 1.807) is 7.11 Å². The molecule has 1 rings (SSSR count). The maximum absolute atomic E-state index is 11.4. The summed E-state index contributed by atoms with van der Waals surface area (Å²) in [5.74, 6) is 1.31. The summed E-state index contributed by atoms with van der Waals surface area (Å²) in [6.07, 6.45) is 2.08. The first kappa shape index (κ1) is 17.3. The molecule has 5 heteroatoms. The molecule has 1 unspecified atom stereocenters. The molecule has 0 heterocycles. The van der Waals surface area contributed by atoms with Gasteiger partial charge in [-0.3, -0.25) is 4.79 Å². The van der Waals surface area contributed by atoms with Crippen LogP contribution in [0.2, 0.25) is 0 Å². The largest absolute Gasteiger partial charge is 0.493 e. The fourth-order valence-electron chi connectivity index (χ4n) is 1.94. The van der Waals surface area contributed by atoms with Gasteiger partial charge in [-0.1, -0.05) is 13.0 Å². The van der Waals surface area contributed by atoms with Gasteiger partial charge >= 0.3 is 0 Å². The third-order valence-electron chi connectivity index (χ3n) is 3.21. The van der Waals surface area contributed by atoms with E-state index >= 15 is 0 Å². The number of ether oxygens (including phenoxy) is 2. The number of carbonyl (C=O) groups excluding carboxylic acids is 1. The molecule has 3 N–H and O–H groups in total. The Morgan fingerprint density at radius 3 is 2.71 bits per heavy atom. The second-order valence-electron chi connectivity index (χ2n) is 4.91. The Balaban J connectivity index is 2.60. The number of benzene rings is 1. The molecule has 1 aromatic carbocycles. The van der Waals surface area contributed by atoms with Crippen LogP contribution in [0.15, 0.2) is 18.2 Å². The quantitative estimate of drug-likeness (QED) is 0.729. The number of carbonyl (C=O) groups is 1. The van der Waals surface area contributed by atoms with E-state index in [0.717, 1.165) is 18.4 Å². The van der Waals surface area contributed by atoms with Gasteiger partial charge in [-0.15, -0.1) is 0 Å². The van der Waals surface area contributed by atoms with Gasteiger partial charge in [0.05, 0.1) is 20.1 Å². The summed E-state index contributed by atoms with van der Waals surface area (Å²) in [4.78, 5) is 11.4. The molecule has 0 aromatic heterocycles. The molecule has 0 saturated carbocycles. The summed E-state index contributed by atoms with van der Waals surface area (Å²) in [6, 6.07) is 5.95. The Kier molecular flexibility index (Phi) is 7.61. The van der Waals surface area contributed by atoms with Crippen LogP contribution in [0.3, 0.4) is 0 Å². The predicted molar refractivity (Wildman–Crippen MR) is 83.8 cm³/mol. The van der Waals surface area contributed by atoms with Crippen LogP contribution in [0.5, 0.6) is 11.5 Å². The van der Waals surface area contributed by atoms with Crippen LogP contribution >= 0.6 is 0 Å². The van der Waals surface area contributed by atoms with E-state index in [9.17, 15) is 4.79 Å². The highest BCUT2D eigenvalue weighted by Crippen LogP contribution is 2.28. The first-order chi connectivity index (χ1) is 10.1. The number of hydrogen-bond donors (Lipinski definition) is 2. The van der Waals surface area contributed by atoms with Crippen LogP contribution in [-0.2, 0) is 11.2 Å². The lowest BCUT2D eigenvalue weighted by Gasteiger charge is -2.14. The fourth-order valence-corrected chi connectivity index (χ4v) is 1.94. The van der Waals surface area contributed by atoms with Crippen molar-refractivity contribution in [3.05, 3.63) is 23.8 Å². The Hall–Kier alpha value is -1.75. The van der Waals surface area contributed by atoms with Crippen LogP contribution in [-0.4, -0.2) is 32.2 Å². The van der Waals surface area contributed by atoms with E-state index in [-0.39, 0.29) is 11.9 Å². The first-order valence-electron chi connectivity index (χ1n) is 7.42. The lowest BCUT2D eigenvalue weighted by Crippen LogP contribution is -2.24. The molecule has 0 aliphatic heterocycles. The lowest BCUT2D eigenvalue weighted by molar-refractivity contribution is -0.121. The minimum Gasteiger partial charge on any atom is -0.493 e. The molecule has 5 nitrogen and oxygen atoms in total. The lowest BCUT2D eigenvalue weighted by atomic mass is 10.0. The van der Waals surface area contributed by atoms with Crippen molar-refractivity contribution in [2.45, 2.75) is 39.2 Å². The van der Waals surface area contributed by atoms with Gasteiger partial charge in [-0.2, -0.15) is 0 Å². The number of amides is 1. The SMILES string of the molecule is CCNC(=O)CCOc1ccc(CC(N)CC)cc1OC. The highest BCUT2D eigenvalue weighted by atomic mass is 16.5. The zero-order valence-electron chi connectivity index (χ0n) is 13.1. The van der Waals surface area contributed by atoms with E-state index in [2.05, 4.69) is 12.2 Å². The normalized spacial score (nSPS) is 11.8. The summed E-state index contributed by atoms with van der Waals surface area (Å²) in [5, 5.41) is 2.73. The summed E-state index contributed by atoms with van der Waals surface area (Å²) < 4.78 is 11.0. The minimum atomic E-state index is -0.0120. The number of nitrogens with two attached hydrogens (primary N) is 1. The smallest absolute Gasteiger partial charge is 0.223 e. The molecule has 0 fully saturated rings. The minimum absolute atomic E-state index is 0.0120. The molecule has 21 heavy (non-hydrogen) atoms. The van der Waals surface area contributed by atoms with Gasteiger partial charge in [-0.05, 0) is 37.5 Å². The summed E-state index contributed by atoms with van der Waals surface area (Å²) in [5.41, 5.74) is 7.08. The predicted octanol–water partition coefficient (Wildman–Crippen LogP) is 1.88. The van der Waals surface area contributed by atoms with Crippen LogP contribution in [0.4, 0.5) is 0 Å². The molecule has 0 bridgehead atoms. The molecule has 0 aliphatic carbocycles. The molecule has 118 valence electrons. The molecular formula is C16H26N2O3. The van der Waals surface area contributed by atoms with Crippen LogP contribution < -0.4 is 20.5 Å². The van der Waals surface area contributed by atoms with Gasteiger partial charge in [0.25, 0.3) is 0 Å². The monoisotopic (exact) mass is 294 g/mol. The van der Waals surface area contributed by atoms with Gasteiger partial charge < -0.3 is 20.5 Å². The van der Waals surface area contributed by atoms with Crippen molar-refractivity contribution >= 4 is 5.91 Å². The first-order valence-corrected chi connectivity index (χ1v) is 7.42. The number of rotatable bonds is 9. The molecule has 0 saturated heterocycles. The molecule has 0 aliphatic rings. The van der Waals surface area contributed by atoms with Gasteiger partial charge in [0, 0.05) is 12.6 Å². The van der Waals surface area contributed by atoms with Crippen molar-refractivity contribution in [3.63, 3.8) is 0 Å². The van der Waals surface area contributed by atoms with Crippen LogP contribution in [0, 0.1) is 0 Å². The average molecular weight is 294 g/mol. The molecule has 1 atom stereocenters. The van der Waals surface area contributed by atoms with E-state index < -0.39 is 0 Å². The maximum Gasteiger partial charge on any atom is 0.223 e. The third kappa shape index (κ3) is 6.04. The van der Waals surface area contributed by atoms with Crippen molar-refractivity contribution in [1.82, 2.24) is 5.32 Å². The molecule has 1 amide bonds. The standard InChI is InChI=1S/C16H26N2O3/c1-4-13(17)10-12-6-7-14(15(11-12)20-3)21-9-8-16(19)18-5-2/h6-7,11,13H,4-5,8-10,17H2,1-3H3,(H,18,19). The molecule has 0 radical (unpaired) electrons. The highest BCUT2D eigenvalue weighted by molar-refractivity contribution is 5.75. The third-order valence-corrected chi connectivity index (χ3v) is 3.21. The van der Waals surface area contributed by atoms with Crippen molar-refractivity contribution < 1.29 is 14.3 Å². The van der Waals surface area contributed by atoms with Gasteiger partial charge in [0.1, 0.15) is 0 Å². The topological polar surface area (TPSA) is 73.6 Å². The van der Waals surface area contributed by atoms with Crippen LogP contribution in [0.1, 0.15) is 32.3 Å². The van der Waals surface area contributed by atoms with Gasteiger partial charge in [0.15, 0.2) is 11.5 Å². The van der Waals surface area contributed by atoms with Crippen molar-refractivity contribution in [3.8, 4) is 11.5 Å². The van der Waals surface area contributed by atoms with Crippen molar-refractivity contribution in [2.75, 3.05) is 20.3 Å². The Labute approximate surface area is 126 Å². The zero-order valence-corrected chi connectivity index (χ0v) is 13.1. The molecule has 0 spiro atoms. The summed E-state index contributed by atoms with van der Waals surface area (Å²) >= 11 is 0. The Morgan fingerprint density at radius 1 is 1.33 bits per heavy atom. The number of hydrogen-bond acceptors (Lipinski definition) is 4. The summed E-state index contributed by atoms with van der Waals surface area (Å²) in [7, 11) is 1.61. The summed E-state index contributed by atoms with van der Waals surface area (Å²) in [6.45, 7) is 4.92. The maximum atomic E-state index is 11.4. The fraction of sp³-hybridized carbons (Fsp3) is 0.562. The Morgan fingerprint density at radius 2 is 2.10 bits per heavy atom. The molecular weight excluding hydrogens is 268 g/mol. The second kappa shape index (κ2) is 9.23. The number of nitrogens with one attached hydrogen (secondary N) is 1. The number of methoxy groups -OCH3 is 1. The van der Waals surface area contributed by atoms with E-state index in [0.29, 0.717) is 31.1 Å². The van der Waals surface area contributed by atoms with E-state index in [4.69, 9.17) is 15.2 Å². The van der Waals surface area contributed by atoms with E-state index in [1.165, 1.54) is 0 Å². The van der Waals surface area contributed by atoms with Gasteiger partial charge in [0.2, 0.25) is 5.91 Å². The van der Waals surface area contributed by atoms with Gasteiger partial charge in [-0.25, -0.2) is 0 Å². The van der Waals surface area contributed by atoms with Crippen molar-refractivity contribution in [2.24, 2.45) is 5.73 Å². The molecule has 1 aromatic rings. The van der Waals surface area contributed by atoms with Crippen molar-refractivity contribution in [1.29, 1.82) is 0 Å². The second-order valence-corrected chi connectivity index (χ2v) is 4.91. The highest BCUT2D eigenvalue weighted by Gasteiger charge is 2.09. The average Bonchev–Trinajstić information content (AvgIpc) is 2.48.